The molecule has 17 heavy (non-hydrogen) atoms. The van der Waals surface area contributed by atoms with Gasteiger partial charge in [-0.1, -0.05) is 0 Å². The van der Waals surface area contributed by atoms with Gasteiger partial charge in [-0.05, 0) is 34.1 Å². The van der Waals surface area contributed by atoms with Crippen LogP contribution in [0.15, 0.2) is 34.9 Å². The number of pyridine rings is 1. The van der Waals surface area contributed by atoms with Crippen LogP contribution in [0, 0.1) is 17.5 Å². The third-order valence-electron chi connectivity index (χ3n) is 1.88. The third-order valence-corrected chi connectivity index (χ3v) is 2.49. The van der Waals surface area contributed by atoms with Crippen molar-refractivity contribution in [1.82, 2.24) is 4.98 Å². The highest BCUT2D eigenvalue weighted by atomic mass is 79.9. The number of aromatic nitrogens is 1. The molecule has 0 unspecified atom stereocenters. The molecule has 2 aromatic rings. The van der Waals surface area contributed by atoms with Gasteiger partial charge in [-0.25, -0.2) is 18.2 Å². The highest BCUT2D eigenvalue weighted by Gasteiger charge is 2.09. The maximum absolute atomic E-state index is 13.2. The summed E-state index contributed by atoms with van der Waals surface area (Å²) in [6, 6.07) is 4.44. The number of benzene rings is 1. The first kappa shape index (κ1) is 11.9. The fourth-order valence-corrected chi connectivity index (χ4v) is 1.49. The predicted molar refractivity (Wildman–Crippen MR) is 58.3 cm³/mol. The van der Waals surface area contributed by atoms with E-state index in [-0.39, 0.29) is 16.1 Å². The van der Waals surface area contributed by atoms with Crippen LogP contribution in [0.2, 0.25) is 0 Å². The summed E-state index contributed by atoms with van der Waals surface area (Å²) in [6.45, 7) is 0. The lowest BCUT2D eigenvalue weighted by Crippen LogP contribution is -1.93. The molecule has 0 spiro atoms. The summed E-state index contributed by atoms with van der Waals surface area (Å²) in [6.07, 6.45) is 0.830. The first-order valence-electron chi connectivity index (χ1n) is 4.50. The summed E-state index contributed by atoms with van der Waals surface area (Å²) in [5, 5.41) is 0. The van der Waals surface area contributed by atoms with Gasteiger partial charge in [0.25, 0.3) is 5.88 Å². The van der Waals surface area contributed by atoms with E-state index in [4.69, 9.17) is 4.74 Å². The monoisotopic (exact) mass is 303 g/mol. The predicted octanol–water partition coefficient (Wildman–Crippen LogP) is 4.05. The molecule has 2 nitrogen and oxygen atoms in total. The molecule has 0 radical (unpaired) electrons. The van der Waals surface area contributed by atoms with Crippen molar-refractivity contribution in [2.24, 2.45) is 0 Å². The standard InChI is InChI=1S/C11H5BrF3NO/c12-8-4-7(1-2-9(8)14)17-11-10(15)3-6(13)5-16-11/h1-5H. The highest BCUT2D eigenvalue weighted by molar-refractivity contribution is 9.10. The van der Waals surface area contributed by atoms with Crippen LogP contribution >= 0.6 is 15.9 Å². The second kappa shape index (κ2) is 4.75. The van der Waals surface area contributed by atoms with Gasteiger partial charge in [0.05, 0.1) is 10.7 Å². The van der Waals surface area contributed by atoms with E-state index in [1.807, 2.05) is 0 Å². The zero-order chi connectivity index (χ0) is 12.4. The molecular formula is C11H5BrF3NO. The van der Waals surface area contributed by atoms with E-state index in [2.05, 4.69) is 20.9 Å². The summed E-state index contributed by atoms with van der Waals surface area (Å²) in [5.41, 5.74) is 0. The van der Waals surface area contributed by atoms with Gasteiger partial charge in [-0.3, -0.25) is 0 Å². The van der Waals surface area contributed by atoms with Crippen molar-refractivity contribution in [3.63, 3.8) is 0 Å². The zero-order valence-corrected chi connectivity index (χ0v) is 9.84. The largest absolute Gasteiger partial charge is 0.436 e. The summed E-state index contributed by atoms with van der Waals surface area (Å²) in [7, 11) is 0. The molecule has 0 saturated heterocycles. The molecule has 0 atom stereocenters. The van der Waals surface area contributed by atoms with Crippen molar-refractivity contribution >= 4 is 15.9 Å². The van der Waals surface area contributed by atoms with Crippen molar-refractivity contribution in [2.45, 2.75) is 0 Å². The summed E-state index contributed by atoms with van der Waals surface area (Å²) in [5.74, 6) is -2.37. The minimum Gasteiger partial charge on any atom is -0.436 e. The number of halogens is 4. The maximum atomic E-state index is 13.2. The first-order valence-corrected chi connectivity index (χ1v) is 5.29. The van der Waals surface area contributed by atoms with Crippen LogP contribution in [0.25, 0.3) is 0 Å². The molecule has 0 amide bonds. The Balaban J connectivity index is 2.28. The van der Waals surface area contributed by atoms with Gasteiger partial charge >= 0.3 is 0 Å². The smallest absolute Gasteiger partial charge is 0.256 e. The number of ether oxygens (including phenoxy) is 1. The van der Waals surface area contributed by atoms with Crippen LogP contribution in [-0.4, -0.2) is 4.98 Å². The molecule has 88 valence electrons. The van der Waals surface area contributed by atoms with Crippen molar-refractivity contribution < 1.29 is 17.9 Å². The van der Waals surface area contributed by atoms with Crippen LogP contribution < -0.4 is 4.74 Å². The molecule has 0 aliphatic rings. The molecule has 0 aliphatic heterocycles. The van der Waals surface area contributed by atoms with Gasteiger partial charge < -0.3 is 4.74 Å². The Morgan fingerprint density at radius 1 is 1.06 bits per heavy atom. The summed E-state index contributed by atoms with van der Waals surface area (Å²) >= 11 is 2.96. The average molecular weight is 304 g/mol. The van der Waals surface area contributed by atoms with Gasteiger partial charge in [-0.2, -0.15) is 0 Å². The minimum atomic E-state index is -0.926. The van der Waals surface area contributed by atoms with E-state index in [0.29, 0.717) is 6.07 Å². The van der Waals surface area contributed by atoms with Crippen molar-refractivity contribution in [3.05, 3.63) is 52.4 Å². The molecule has 0 bridgehead atoms. The zero-order valence-electron chi connectivity index (χ0n) is 8.25. The van der Waals surface area contributed by atoms with Crippen LogP contribution in [0.5, 0.6) is 11.6 Å². The molecule has 6 heteroatoms. The second-order valence-electron chi connectivity index (χ2n) is 3.12. The Morgan fingerprint density at radius 2 is 1.82 bits per heavy atom. The Kier molecular flexibility index (Phi) is 3.33. The fraction of sp³-hybridized carbons (Fsp3) is 0. The topological polar surface area (TPSA) is 22.1 Å². The Morgan fingerprint density at radius 3 is 2.47 bits per heavy atom. The Bertz CT molecular complexity index is 562. The van der Waals surface area contributed by atoms with E-state index >= 15 is 0 Å². The van der Waals surface area contributed by atoms with Crippen LogP contribution in [0.4, 0.5) is 13.2 Å². The highest BCUT2D eigenvalue weighted by Crippen LogP contribution is 2.26. The minimum absolute atomic E-state index is 0.178. The van der Waals surface area contributed by atoms with Crippen LogP contribution in [0.1, 0.15) is 0 Å². The van der Waals surface area contributed by atoms with Crippen molar-refractivity contribution in [3.8, 4) is 11.6 Å². The lowest BCUT2D eigenvalue weighted by atomic mass is 10.3. The number of hydrogen-bond donors (Lipinski definition) is 0. The molecule has 1 heterocycles. The van der Waals surface area contributed by atoms with E-state index < -0.39 is 17.5 Å². The number of nitrogens with zero attached hydrogens (tertiary/aromatic N) is 1. The fourth-order valence-electron chi connectivity index (χ4n) is 1.13. The van der Waals surface area contributed by atoms with Gasteiger partial charge in [0.2, 0.25) is 0 Å². The average Bonchev–Trinajstić information content (AvgIpc) is 2.27. The lowest BCUT2D eigenvalue weighted by Gasteiger charge is -2.06. The van der Waals surface area contributed by atoms with E-state index in [0.717, 1.165) is 12.3 Å². The second-order valence-corrected chi connectivity index (χ2v) is 3.97. The lowest BCUT2D eigenvalue weighted by molar-refractivity contribution is 0.415. The quantitative estimate of drug-likeness (QED) is 0.835. The Hall–Kier alpha value is -1.56. The van der Waals surface area contributed by atoms with Gasteiger partial charge in [0.1, 0.15) is 17.4 Å². The molecule has 1 aromatic heterocycles. The molecule has 0 saturated carbocycles. The van der Waals surface area contributed by atoms with Gasteiger partial charge in [0.15, 0.2) is 5.82 Å². The molecular weight excluding hydrogens is 299 g/mol. The van der Waals surface area contributed by atoms with Crippen LogP contribution in [-0.2, 0) is 0 Å². The maximum Gasteiger partial charge on any atom is 0.256 e. The third kappa shape index (κ3) is 2.76. The number of hydrogen-bond acceptors (Lipinski definition) is 2. The molecule has 0 aliphatic carbocycles. The molecule has 0 fully saturated rings. The first-order chi connectivity index (χ1) is 8.06. The molecule has 0 N–H and O–H groups in total. The van der Waals surface area contributed by atoms with Crippen molar-refractivity contribution in [1.29, 1.82) is 0 Å². The molecule has 1 aromatic carbocycles. The van der Waals surface area contributed by atoms with Crippen molar-refractivity contribution in [2.75, 3.05) is 0 Å². The Labute approximate surface area is 103 Å². The molecule has 2 rings (SSSR count). The normalized spacial score (nSPS) is 10.4. The SMILES string of the molecule is Fc1cnc(Oc2ccc(F)c(Br)c2)c(F)c1. The number of rotatable bonds is 2. The van der Waals surface area contributed by atoms with Crippen LogP contribution in [0.3, 0.4) is 0 Å². The van der Waals surface area contributed by atoms with E-state index in [9.17, 15) is 13.2 Å². The summed E-state index contributed by atoms with van der Waals surface area (Å²) in [4.78, 5) is 3.44. The summed E-state index contributed by atoms with van der Waals surface area (Å²) < 4.78 is 43.9. The van der Waals surface area contributed by atoms with Gasteiger partial charge in [-0.15, -0.1) is 0 Å². The van der Waals surface area contributed by atoms with E-state index in [1.165, 1.54) is 12.1 Å². The van der Waals surface area contributed by atoms with E-state index in [1.54, 1.807) is 0 Å². The van der Waals surface area contributed by atoms with Gasteiger partial charge in [0, 0.05) is 6.07 Å².